The van der Waals surface area contributed by atoms with Crippen molar-refractivity contribution in [2.75, 3.05) is 30.9 Å². The van der Waals surface area contributed by atoms with Gasteiger partial charge in [-0.1, -0.05) is 30.3 Å². The number of hydrogen-bond donors (Lipinski definition) is 2. The molecule has 0 fully saturated rings. The van der Waals surface area contributed by atoms with Gasteiger partial charge in [0, 0.05) is 37.9 Å². The molecule has 0 spiro atoms. The third-order valence-corrected chi connectivity index (χ3v) is 3.03. The molecule has 2 N–H and O–H groups in total. The molecular formula is C17H24N4O. The molecule has 1 aromatic carbocycles. The van der Waals surface area contributed by atoms with Crippen molar-refractivity contribution < 1.29 is 4.74 Å². The summed E-state index contributed by atoms with van der Waals surface area (Å²) in [7, 11) is 1.71. The predicted octanol–water partition coefficient (Wildman–Crippen LogP) is 3.41. The molecule has 2 rings (SSSR count). The molecule has 0 unspecified atom stereocenters. The first-order chi connectivity index (χ1) is 10.7. The first-order valence-corrected chi connectivity index (χ1v) is 7.63. The molecular weight excluding hydrogens is 276 g/mol. The average Bonchev–Trinajstić information content (AvgIpc) is 2.52. The molecule has 1 heterocycles. The lowest BCUT2D eigenvalue weighted by molar-refractivity contribution is 0.198. The minimum Gasteiger partial charge on any atom is -0.385 e. The number of ether oxygens (including phenoxy) is 1. The van der Waals surface area contributed by atoms with Gasteiger partial charge in [0.2, 0.25) is 0 Å². The van der Waals surface area contributed by atoms with Gasteiger partial charge in [-0.3, -0.25) is 0 Å². The van der Waals surface area contributed by atoms with Crippen LogP contribution < -0.4 is 10.6 Å². The number of benzene rings is 1. The summed E-state index contributed by atoms with van der Waals surface area (Å²) < 4.78 is 5.06. The first-order valence-electron chi connectivity index (χ1n) is 7.63. The maximum atomic E-state index is 5.06. The third-order valence-electron chi connectivity index (χ3n) is 3.03. The zero-order valence-electron chi connectivity index (χ0n) is 13.5. The van der Waals surface area contributed by atoms with Crippen LogP contribution in [-0.4, -0.2) is 36.3 Å². The molecule has 1 aromatic heterocycles. The summed E-state index contributed by atoms with van der Waals surface area (Å²) in [6.45, 7) is 5.74. The normalized spacial score (nSPS) is 10.7. The Bertz CT molecular complexity index is 572. The second-order valence-electron chi connectivity index (χ2n) is 5.40. The van der Waals surface area contributed by atoms with Crippen LogP contribution in [0.5, 0.6) is 0 Å². The van der Waals surface area contributed by atoms with Gasteiger partial charge in [0.1, 0.15) is 11.6 Å². The van der Waals surface area contributed by atoms with Crippen LogP contribution in [0.3, 0.4) is 0 Å². The summed E-state index contributed by atoms with van der Waals surface area (Å²) in [5, 5.41) is 6.67. The van der Waals surface area contributed by atoms with E-state index < -0.39 is 0 Å². The number of nitrogens with zero attached hydrogens (tertiary/aromatic N) is 2. The van der Waals surface area contributed by atoms with Crippen molar-refractivity contribution >= 4 is 11.6 Å². The molecule has 2 aromatic rings. The zero-order valence-corrected chi connectivity index (χ0v) is 13.5. The molecule has 5 heteroatoms. The van der Waals surface area contributed by atoms with Crippen LogP contribution in [0.4, 0.5) is 11.6 Å². The second-order valence-corrected chi connectivity index (χ2v) is 5.40. The molecule has 0 amide bonds. The Labute approximate surface area is 132 Å². The van der Waals surface area contributed by atoms with Crippen molar-refractivity contribution in [3.8, 4) is 11.4 Å². The van der Waals surface area contributed by atoms with E-state index in [0.717, 1.165) is 42.6 Å². The largest absolute Gasteiger partial charge is 0.385 e. The number of methoxy groups -OCH3 is 1. The molecule has 0 bridgehead atoms. The van der Waals surface area contributed by atoms with Crippen LogP contribution in [0.25, 0.3) is 11.4 Å². The highest BCUT2D eigenvalue weighted by molar-refractivity contribution is 5.61. The summed E-state index contributed by atoms with van der Waals surface area (Å²) in [4.78, 5) is 9.21. The van der Waals surface area contributed by atoms with E-state index in [1.165, 1.54) is 0 Å². The van der Waals surface area contributed by atoms with Gasteiger partial charge in [-0.25, -0.2) is 9.97 Å². The summed E-state index contributed by atoms with van der Waals surface area (Å²) in [5.41, 5.74) is 1.01. The number of nitrogens with one attached hydrogen (secondary N) is 2. The van der Waals surface area contributed by atoms with Crippen molar-refractivity contribution in [2.45, 2.75) is 26.3 Å². The Balaban J connectivity index is 2.21. The van der Waals surface area contributed by atoms with Crippen LogP contribution >= 0.6 is 0 Å². The van der Waals surface area contributed by atoms with E-state index in [-0.39, 0.29) is 0 Å². The lowest BCUT2D eigenvalue weighted by Gasteiger charge is -2.13. The van der Waals surface area contributed by atoms with Crippen molar-refractivity contribution in [3.63, 3.8) is 0 Å². The van der Waals surface area contributed by atoms with Crippen molar-refractivity contribution in [1.29, 1.82) is 0 Å². The topological polar surface area (TPSA) is 59.1 Å². The molecule has 0 saturated carbocycles. The maximum absolute atomic E-state index is 5.06. The van der Waals surface area contributed by atoms with Crippen molar-refractivity contribution in [2.24, 2.45) is 0 Å². The Morgan fingerprint density at radius 2 is 1.82 bits per heavy atom. The highest BCUT2D eigenvalue weighted by Crippen LogP contribution is 2.20. The molecule has 0 atom stereocenters. The molecule has 0 saturated heterocycles. The Kier molecular flexibility index (Phi) is 6.15. The highest BCUT2D eigenvalue weighted by atomic mass is 16.5. The standard InChI is InChI=1S/C17H24N4O/c1-13(2)19-16-12-15(18-10-7-11-22-3)20-17(21-16)14-8-5-4-6-9-14/h4-6,8-9,12-13H,7,10-11H2,1-3H3,(H2,18,19,20,21). The lowest BCUT2D eigenvalue weighted by atomic mass is 10.2. The summed E-state index contributed by atoms with van der Waals surface area (Å²) in [5.74, 6) is 2.38. The molecule has 0 aliphatic heterocycles. The van der Waals surface area contributed by atoms with Gasteiger partial charge in [0.15, 0.2) is 5.82 Å². The van der Waals surface area contributed by atoms with Gasteiger partial charge in [-0.2, -0.15) is 0 Å². The van der Waals surface area contributed by atoms with E-state index in [9.17, 15) is 0 Å². The van der Waals surface area contributed by atoms with Crippen LogP contribution in [0.15, 0.2) is 36.4 Å². The van der Waals surface area contributed by atoms with Crippen LogP contribution in [0.2, 0.25) is 0 Å². The van der Waals surface area contributed by atoms with Gasteiger partial charge >= 0.3 is 0 Å². The van der Waals surface area contributed by atoms with Crippen LogP contribution in [0.1, 0.15) is 20.3 Å². The Hall–Kier alpha value is -2.14. The van der Waals surface area contributed by atoms with E-state index in [4.69, 9.17) is 4.74 Å². The van der Waals surface area contributed by atoms with E-state index in [2.05, 4.69) is 34.4 Å². The monoisotopic (exact) mass is 300 g/mol. The van der Waals surface area contributed by atoms with E-state index >= 15 is 0 Å². The third kappa shape index (κ3) is 5.00. The average molecular weight is 300 g/mol. The fourth-order valence-corrected chi connectivity index (χ4v) is 2.06. The van der Waals surface area contributed by atoms with Gasteiger partial charge in [0.25, 0.3) is 0 Å². The quantitative estimate of drug-likeness (QED) is 0.732. The van der Waals surface area contributed by atoms with E-state index in [0.29, 0.717) is 6.04 Å². The molecule has 0 aliphatic carbocycles. The second kappa shape index (κ2) is 8.34. The number of hydrogen-bond acceptors (Lipinski definition) is 5. The molecule has 5 nitrogen and oxygen atoms in total. The van der Waals surface area contributed by atoms with Gasteiger partial charge in [-0.05, 0) is 20.3 Å². The van der Waals surface area contributed by atoms with E-state index in [1.807, 2.05) is 36.4 Å². The van der Waals surface area contributed by atoms with Crippen molar-refractivity contribution in [1.82, 2.24) is 9.97 Å². The zero-order chi connectivity index (χ0) is 15.8. The SMILES string of the molecule is COCCCNc1cc(NC(C)C)nc(-c2ccccc2)n1. The first kappa shape index (κ1) is 16.2. The maximum Gasteiger partial charge on any atom is 0.163 e. The Morgan fingerprint density at radius 1 is 1.09 bits per heavy atom. The number of aromatic nitrogens is 2. The van der Waals surface area contributed by atoms with E-state index in [1.54, 1.807) is 7.11 Å². The minimum absolute atomic E-state index is 0.319. The van der Waals surface area contributed by atoms with Crippen LogP contribution in [-0.2, 0) is 4.74 Å². The summed E-state index contributed by atoms with van der Waals surface area (Å²) in [6, 6.07) is 12.3. The number of anilines is 2. The predicted molar refractivity (Wildman–Crippen MR) is 91.2 cm³/mol. The van der Waals surface area contributed by atoms with Crippen molar-refractivity contribution in [3.05, 3.63) is 36.4 Å². The molecule has 118 valence electrons. The Morgan fingerprint density at radius 3 is 2.50 bits per heavy atom. The van der Waals surface area contributed by atoms with Gasteiger partial charge < -0.3 is 15.4 Å². The fraction of sp³-hybridized carbons (Fsp3) is 0.412. The van der Waals surface area contributed by atoms with Crippen LogP contribution in [0, 0.1) is 0 Å². The molecule has 22 heavy (non-hydrogen) atoms. The summed E-state index contributed by atoms with van der Waals surface area (Å²) in [6.07, 6.45) is 0.939. The smallest absolute Gasteiger partial charge is 0.163 e. The lowest BCUT2D eigenvalue weighted by Crippen LogP contribution is -2.13. The summed E-state index contributed by atoms with van der Waals surface area (Å²) >= 11 is 0. The minimum atomic E-state index is 0.319. The fourth-order valence-electron chi connectivity index (χ4n) is 2.06. The van der Waals surface area contributed by atoms with Gasteiger partial charge in [0.05, 0.1) is 0 Å². The number of rotatable bonds is 8. The highest BCUT2D eigenvalue weighted by Gasteiger charge is 2.07. The van der Waals surface area contributed by atoms with Gasteiger partial charge in [-0.15, -0.1) is 0 Å². The molecule has 0 aliphatic rings. The molecule has 0 radical (unpaired) electrons.